The van der Waals surface area contributed by atoms with Crippen LogP contribution < -0.4 is 16.4 Å². The van der Waals surface area contributed by atoms with Crippen molar-refractivity contribution in [2.75, 3.05) is 51.3 Å². The third-order valence-corrected chi connectivity index (χ3v) is 4.64. The summed E-state index contributed by atoms with van der Waals surface area (Å²) in [5.41, 5.74) is 7.68. The standard InChI is InChI=1S/C18H28BrN5O2/c1-14-3-4-15(19)13-16(14)23-17(25)5-7-22-18(20)21-6-2-8-24-9-11-26-12-10-24/h3-4,13H,2,5-12H2,1H3,(H,23,25)(H3,20,21,22). The number of ether oxygens (including phenoxy) is 1. The molecule has 4 N–H and O–H groups in total. The molecule has 0 atom stereocenters. The molecule has 0 spiro atoms. The van der Waals surface area contributed by atoms with Gasteiger partial charge in [-0.1, -0.05) is 22.0 Å². The van der Waals surface area contributed by atoms with Crippen LogP contribution >= 0.6 is 15.9 Å². The summed E-state index contributed by atoms with van der Waals surface area (Å²) in [5.74, 6) is 0.331. The molecule has 0 aliphatic carbocycles. The van der Waals surface area contributed by atoms with Gasteiger partial charge < -0.3 is 21.1 Å². The highest BCUT2D eigenvalue weighted by Gasteiger charge is 2.09. The number of anilines is 1. The average Bonchev–Trinajstić information content (AvgIpc) is 2.63. The predicted octanol–water partition coefficient (Wildman–Crippen LogP) is 1.71. The number of nitrogens with two attached hydrogens (primary N) is 1. The highest BCUT2D eigenvalue weighted by atomic mass is 79.9. The van der Waals surface area contributed by atoms with Crippen LogP contribution in [0.25, 0.3) is 0 Å². The number of guanidine groups is 1. The molecule has 1 amide bonds. The maximum absolute atomic E-state index is 12.0. The number of carbonyl (C=O) groups is 1. The van der Waals surface area contributed by atoms with Gasteiger partial charge in [-0.3, -0.25) is 14.7 Å². The Bertz CT molecular complexity index is 618. The third kappa shape index (κ3) is 7.72. The van der Waals surface area contributed by atoms with Crippen molar-refractivity contribution >= 4 is 33.5 Å². The molecule has 0 aromatic heterocycles. The molecular weight excluding hydrogens is 398 g/mol. The minimum Gasteiger partial charge on any atom is -0.379 e. The maximum Gasteiger partial charge on any atom is 0.226 e. The number of hydrogen-bond acceptors (Lipinski definition) is 4. The minimum atomic E-state index is -0.0567. The molecule has 1 heterocycles. The van der Waals surface area contributed by atoms with Crippen molar-refractivity contribution in [3.8, 4) is 0 Å². The summed E-state index contributed by atoms with van der Waals surface area (Å²) in [6.45, 7) is 7.71. The van der Waals surface area contributed by atoms with Crippen molar-refractivity contribution in [3.63, 3.8) is 0 Å². The number of aryl methyl sites for hydroxylation is 1. The van der Waals surface area contributed by atoms with E-state index >= 15 is 0 Å². The van der Waals surface area contributed by atoms with Crippen LogP contribution in [0, 0.1) is 6.92 Å². The van der Waals surface area contributed by atoms with Crippen LogP contribution in [0.4, 0.5) is 5.69 Å². The molecular formula is C18H28BrN5O2. The van der Waals surface area contributed by atoms with Gasteiger partial charge >= 0.3 is 0 Å². The fourth-order valence-corrected chi connectivity index (χ4v) is 2.98. The van der Waals surface area contributed by atoms with Crippen molar-refractivity contribution in [3.05, 3.63) is 28.2 Å². The van der Waals surface area contributed by atoms with Gasteiger partial charge in [0.05, 0.1) is 13.2 Å². The smallest absolute Gasteiger partial charge is 0.226 e. The van der Waals surface area contributed by atoms with Gasteiger partial charge in [0, 0.05) is 49.3 Å². The molecule has 0 unspecified atom stereocenters. The molecule has 1 fully saturated rings. The number of nitrogens with zero attached hydrogens (tertiary/aromatic N) is 2. The Hall–Kier alpha value is -1.64. The zero-order valence-corrected chi connectivity index (χ0v) is 16.8. The normalized spacial score (nSPS) is 15.7. The number of hydrogen-bond donors (Lipinski definition) is 3. The van der Waals surface area contributed by atoms with E-state index in [-0.39, 0.29) is 5.91 Å². The molecule has 0 radical (unpaired) electrons. The van der Waals surface area contributed by atoms with Gasteiger partial charge in [0.1, 0.15) is 0 Å². The molecule has 8 heteroatoms. The summed E-state index contributed by atoms with van der Waals surface area (Å²) in [5, 5.41) is 5.90. The summed E-state index contributed by atoms with van der Waals surface area (Å²) in [4.78, 5) is 18.7. The predicted molar refractivity (Wildman–Crippen MR) is 108 cm³/mol. The van der Waals surface area contributed by atoms with E-state index in [9.17, 15) is 4.79 Å². The zero-order chi connectivity index (χ0) is 18.8. The Kier molecular flexibility index (Phi) is 8.87. The summed E-state index contributed by atoms with van der Waals surface area (Å²) in [6, 6.07) is 5.80. The molecule has 1 aromatic rings. The molecule has 1 aliphatic rings. The second-order valence-corrected chi connectivity index (χ2v) is 7.17. The van der Waals surface area contributed by atoms with Crippen LogP contribution in [0.2, 0.25) is 0 Å². The van der Waals surface area contributed by atoms with Gasteiger partial charge in [-0.2, -0.15) is 0 Å². The Morgan fingerprint density at radius 3 is 2.92 bits per heavy atom. The van der Waals surface area contributed by atoms with Crippen molar-refractivity contribution in [1.82, 2.24) is 10.2 Å². The van der Waals surface area contributed by atoms with Crippen LogP contribution in [-0.4, -0.2) is 62.7 Å². The van der Waals surface area contributed by atoms with Gasteiger partial charge in [0.15, 0.2) is 5.96 Å². The lowest BCUT2D eigenvalue weighted by atomic mass is 10.2. The molecule has 2 rings (SSSR count). The van der Waals surface area contributed by atoms with E-state index in [0.29, 0.717) is 25.5 Å². The van der Waals surface area contributed by atoms with E-state index < -0.39 is 0 Å². The molecule has 26 heavy (non-hydrogen) atoms. The number of morpholine rings is 1. The maximum atomic E-state index is 12.0. The van der Waals surface area contributed by atoms with Crippen molar-refractivity contribution in [1.29, 1.82) is 0 Å². The molecule has 144 valence electrons. The van der Waals surface area contributed by atoms with Crippen LogP contribution in [0.15, 0.2) is 27.7 Å². The Morgan fingerprint density at radius 1 is 1.38 bits per heavy atom. The van der Waals surface area contributed by atoms with Gasteiger partial charge in [-0.25, -0.2) is 0 Å². The van der Waals surface area contributed by atoms with E-state index in [4.69, 9.17) is 10.5 Å². The van der Waals surface area contributed by atoms with Crippen molar-refractivity contribution in [2.24, 2.45) is 10.7 Å². The van der Waals surface area contributed by atoms with Crippen LogP contribution in [-0.2, 0) is 9.53 Å². The number of halogens is 1. The second kappa shape index (κ2) is 11.2. The van der Waals surface area contributed by atoms with Gasteiger partial charge in [0.25, 0.3) is 0 Å². The number of amides is 1. The molecule has 1 saturated heterocycles. The summed E-state index contributed by atoms with van der Waals surface area (Å²) >= 11 is 3.41. The fourth-order valence-electron chi connectivity index (χ4n) is 2.62. The number of benzene rings is 1. The number of aliphatic imine (C=N–C) groups is 1. The highest BCUT2D eigenvalue weighted by molar-refractivity contribution is 9.10. The minimum absolute atomic E-state index is 0.0567. The first kappa shape index (κ1) is 20.7. The Labute approximate surface area is 163 Å². The monoisotopic (exact) mass is 425 g/mol. The zero-order valence-electron chi connectivity index (χ0n) is 15.3. The summed E-state index contributed by atoms with van der Waals surface area (Å²) < 4.78 is 6.26. The first-order valence-corrected chi connectivity index (χ1v) is 9.74. The number of nitrogens with one attached hydrogen (secondary N) is 2. The first-order valence-electron chi connectivity index (χ1n) is 8.94. The van der Waals surface area contributed by atoms with Gasteiger partial charge in [0.2, 0.25) is 5.91 Å². The molecule has 0 saturated carbocycles. The Balaban J connectivity index is 1.60. The third-order valence-electron chi connectivity index (χ3n) is 4.15. The molecule has 0 bridgehead atoms. The van der Waals surface area contributed by atoms with E-state index in [1.54, 1.807) is 0 Å². The van der Waals surface area contributed by atoms with Crippen LogP contribution in [0.5, 0.6) is 0 Å². The molecule has 7 nitrogen and oxygen atoms in total. The second-order valence-electron chi connectivity index (χ2n) is 6.26. The molecule has 1 aromatic carbocycles. The summed E-state index contributed by atoms with van der Waals surface area (Å²) in [6.07, 6.45) is 1.29. The van der Waals surface area contributed by atoms with Gasteiger partial charge in [-0.15, -0.1) is 0 Å². The fraction of sp³-hybridized carbons (Fsp3) is 0.556. The largest absolute Gasteiger partial charge is 0.379 e. The van der Waals surface area contributed by atoms with E-state index in [1.165, 1.54) is 0 Å². The summed E-state index contributed by atoms with van der Waals surface area (Å²) in [7, 11) is 0. The lowest BCUT2D eigenvalue weighted by molar-refractivity contribution is -0.116. The lowest BCUT2D eigenvalue weighted by Crippen LogP contribution is -2.37. The number of rotatable bonds is 8. The first-order chi connectivity index (χ1) is 12.5. The topological polar surface area (TPSA) is 92.0 Å². The van der Waals surface area contributed by atoms with E-state index in [1.807, 2.05) is 25.1 Å². The number of carbonyl (C=O) groups excluding carboxylic acids is 1. The molecule has 1 aliphatic heterocycles. The van der Waals surface area contributed by atoms with Gasteiger partial charge in [-0.05, 0) is 31.0 Å². The van der Waals surface area contributed by atoms with Crippen molar-refractivity contribution in [2.45, 2.75) is 19.8 Å². The van der Waals surface area contributed by atoms with Crippen LogP contribution in [0.3, 0.4) is 0 Å². The lowest BCUT2D eigenvalue weighted by Gasteiger charge is -2.26. The Morgan fingerprint density at radius 2 is 2.15 bits per heavy atom. The highest BCUT2D eigenvalue weighted by Crippen LogP contribution is 2.20. The van der Waals surface area contributed by atoms with Crippen LogP contribution in [0.1, 0.15) is 18.4 Å². The van der Waals surface area contributed by atoms with E-state index in [0.717, 1.165) is 55.0 Å². The van der Waals surface area contributed by atoms with Crippen molar-refractivity contribution < 1.29 is 9.53 Å². The quantitative estimate of drug-likeness (QED) is 0.335. The van der Waals surface area contributed by atoms with E-state index in [2.05, 4.69) is 36.5 Å². The average molecular weight is 426 g/mol. The SMILES string of the molecule is Cc1ccc(Br)cc1NC(=O)CCNC(N)=NCCCN1CCOCC1.